The van der Waals surface area contributed by atoms with Gasteiger partial charge in [0.15, 0.2) is 5.75 Å². The Kier molecular flexibility index (Phi) is 5.37. The Morgan fingerprint density at radius 3 is 2.68 bits per heavy atom. The van der Waals surface area contributed by atoms with Crippen molar-refractivity contribution < 1.29 is 9.53 Å². The third-order valence-corrected chi connectivity index (χ3v) is 4.47. The van der Waals surface area contributed by atoms with E-state index in [1.165, 1.54) is 0 Å². The molecule has 0 bridgehead atoms. The van der Waals surface area contributed by atoms with E-state index in [1.807, 2.05) is 48.6 Å². The number of hydrogen-bond acceptors (Lipinski definition) is 3. The highest BCUT2D eigenvalue weighted by atomic mass is 35.5. The van der Waals surface area contributed by atoms with E-state index < -0.39 is 0 Å². The Hall–Kier alpha value is -2.36. The van der Waals surface area contributed by atoms with E-state index in [2.05, 4.69) is 4.98 Å². The molecule has 126 valence electrons. The molecular weight excluding hydrogens is 357 g/mol. The zero-order chi connectivity index (χ0) is 17.8. The second kappa shape index (κ2) is 7.68. The summed E-state index contributed by atoms with van der Waals surface area (Å²) in [6, 6.07) is 14.8. The summed E-state index contributed by atoms with van der Waals surface area (Å²) >= 11 is 12.2. The molecule has 0 unspecified atom stereocenters. The average Bonchev–Trinajstić information content (AvgIpc) is 2.63. The van der Waals surface area contributed by atoms with Gasteiger partial charge in [0.2, 0.25) is 0 Å². The number of para-hydroxylation sites is 1. The quantitative estimate of drug-likeness (QED) is 0.415. The average molecular weight is 372 g/mol. The largest absolute Gasteiger partial charge is 0.424 e. The molecule has 3 nitrogen and oxygen atoms in total. The van der Waals surface area contributed by atoms with Crippen molar-refractivity contribution in [1.29, 1.82) is 0 Å². The Labute approximate surface area is 155 Å². The van der Waals surface area contributed by atoms with Gasteiger partial charge in [-0.05, 0) is 29.8 Å². The van der Waals surface area contributed by atoms with E-state index in [4.69, 9.17) is 27.9 Å². The van der Waals surface area contributed by atoms with Crippen molar-refractivity contribution in [2.75, 3.05) is 0 Å². The van der Waals surface area contributed by atoms with Crippen LogP contribution in [0.5, 0.6) is 5.75 Å². The first-order valence-corrected chi connectivity index (χ1v) is 8.56. The maximum Gasteiger partial charge on any atom is 0.310 e. The lowest BCUT2D eigenvalue weighted by atomic mass is 10.1. The van der Waals surface area contributed by atoms with Gasteiger partial charge in [-0.2, -0.15) is 0 Å². The van der Waals surface area contributed by atoms with Crippen LogP contribution in [-0.4, -0.2) is 11.0 Å². The normalized spacial score (nSPS) is 11.2. The predicted molar refractivity (Wildman–Crippen MR) is 103 cm³/mol. The molecule has 3 aromatic rings. The van der Waals surface area contributed by atoms with Gasteiger partial charge in [-0.25, -0.2) is 4.98 Å². The summed E-state index contributed by atoms with van der Waals surface area (Å²) < 4.78 is 5.37. The van der Waals surface area contributed by atoms with Crippen LogP contribution in [0.15, 0.2) is 48.5 Å². The lowest BCUT2D eigenvalue weighted by molar-refractivity contribution is -0.133. The number of rotatable bonds is 4. The summed E-state index contributed by atoms with van der Waals surface area (Å²) in [6.07, 6.45) is 4.00. The maximum absolute atomic E-state index is 11.6. The minimum Gasteiger partial charge on any atom is -0.424 e. The summed E-state index contributed by atoms with van der Waals surface area (Å²) in [6.45, 7) is 1.75. The lowest BCUT2D eigenvalue weighted by Crippen LogP contribution is -2.06. The molecule has 0 saturated heterocycles. The van der Waals surface area contributed by atoms with Crippen LogP contribution >= 0.6 is 23.2 Å². The summed E-state index contributed by atoms with van der Waals surface area (Å²) in [5.41, 5.74) is 2.17. The molecule has 2 aromatic carbocycles. The standard InChI is InChI=1S/C20H15Cl2NO2/c1-2-18(24)25-17-8-4-6-14-10-12-15(23-20(14)17)11-9-13-5-3-7-16(21)19(13)22/h3-12H,2H2,1H3. The smallest absolute Gasteiger partial charge is 0.310 e. The SMILES string of the molecule is CCC(=O)Oc1cccc2ccc(C=Cc3cccc(Cl)c3Cl)nc12. The lowest BCUT2D eigenvalue weighted by Gasteiger charge is -2.07. The molecule has 0 spiro atoms. The molecule has 0 aliphatic heterocycles. The zero-order valence-corrected chi connectivity index (χ0v) is 15.0. The zero-order valence-electron chi connectivity index (χ0n) is 13.5. The maximum atomic E-state index is 11.6. The summed E-state index contributed by atoms with van der Waals surface area (Å²) in [5.74, 6) is 0.168. The molecule has 1 heterocycles. The first-order chi connectivity index (χ1) is 12.1. The van der Waals surface area contributed by atoms with Gasteiger partial charge in [-0.1, -0.05) is 66.5 Å². The first kappa shape index (κ1) is 17.5. The molecule has 25 heavy (non-hydrogen) atoms. The third-order valence-electron chi connectivity index (χ3n) is 3.63. The fraction of sp³-hybridized carbons (Fsp3) is 0.100. The molecular formula is C20H15Cl2NO2. The Balaban J connectivity index is 1.97. The monoisotopic (exact) mass is 371 g/mol. The Morgan fingerprint density at radius 1 is 1.08 bits per heavy atom. The molecule has 0 aliphatic rings. The molecule has 1 aromatic heterocycles. The van der Waals surface area contributed by atoms with Crippen LogP contribution in [-0.2, 0) is 4.79 Å². The predicted octanol–water partition coefficient (Wildman–Crippen LogP) is 6.03. The molecule has 3 rings (SSSR count). The number of ether oxygens (including phenoxy) is 1. The molecule has 5 heteroatoms. The van der Waals surface area contributed by atoms with Crippen LogP contribution in [0.25, 0.3) is 23.1 Å². The van der Waals surface area contributed by atoms with Crippen molar-refractivity contribution in [3.8, 4) is 5.75 Å². The number of esters is 1. The summed E-state index contributed by atoms with van der Waals surface area (Å²) in [5, 5.41) is 1.90. The number of halogens is 2. The molecule has 0 aliphatic carbocycles. The van der Waals surface area contributed by atoms with Gasteiger partial charge in [0.05, 0.1) is 15.7 Å². The number of pyridine rings is 1. The van der Waals surface area contributed by atoms with Gasteiger partial charge < -0.3 is 4.74 Å². The van der Waals surface area contributed by atoms with E-state index >= 15 is 0 Å². The second-order valence-electron chi connectivity index (χ2n) is 5.37. The molecule has 0 saturated carbocycles. The number of nitrogens with zero attached hydrogens (tertiary/aromatic N) is 1. The summed E-state index contributed by atoms with van der Waals surface area (Å²) in [7, 11) is 0. The van der Waals surface area contributed by atoms with Crippen molar-refractivity contribution in [3.05, 3.63) is 69.8 Å². The van der Waals surface area contributed by atoms with Gasteiger partial charge in [-0.3, -0.25) is 4.79 Å². The van der Waals surface area contributed by atoms with Gasteiger partial charge >= 0.3 is 5.97 Å². The minimum absolute atomic E-state index is 0.291. The summed E-state index contributed by atoms with van der Waals surface area (Å²) in [4.78, 5) is 16.2. The van der Waals surface area contributed by atoms with E-state index in [0.717, 1.165) is 16.6 Å². The van der Waals surface area contributed by atoms with Gasteiger partial charge in [0, 0.05) is 11.8 Å². The van der Waals surface area contributed by atoms with Gasteiger partial charge in [-0.15, -0.1) is 0 Å². The van der Waals surface area contributed by atoms with Gasteiger partial charge in [0.25, 0.3) is 0 Å². The Morgan fingerprint density at radius 2 is 1.88 bits per heavy atom. The molecule has 0 amide bonds. The van der Waals surface area contributed by atoms with Crippen molar-refractivity contribution >= 4 is 52.2 Å². The third kappa shape index (κ3) is 4.01. The topological polar surface area (TPSA) is 39.2 Å². The molecule has 0 radical (unpaired) electrons. The van der Waals surface area contributed by atoms with Crippen LogP contribution < -0.4 is 4.74 Å². The van der Waals surface area contributed by atoms with E-state index in [1.54, 1.807) is 19.1 Å². The Bertz CT molecular complexity index is 967. The highest BCUT2D eigenvalue weighted by Gasteiger charge is 2.08. The first-order valence-electron chi connectivity index (χ1n) is 7.81. The van der Waals surface area contributed by atoms with Crippen molar-refractivity contribution in [2.24, 2.45) is 0 Å². The number of carbonyl (C=O) groups excluding carboxylic acids is 1. The number of benzene rings is 2. The second-order valence-corrected chi connectivity index (χ2v) is 6.15. The van der Waals surface area contributed by atoms with Crippen LogP contribution in [0.4, 0.5) is 0 Å². The minimum atomic E-state index is -0.291. The van der Waals surface area contributed by atoms with E-state index in [0.29, 0.717) is 27.7 Å². The number of carbonyl (C=O) groups is 1. The van der Waals surface area contributed by atoms with Crippen LogP contribution in [0.2, 0.25) is 10.0 Å². The fourth-order valence-corrected chi connectivity index (χ4v) is 2.70. The van der Waals surface area contributed by atoms with Crippen molar-refractivity contribution in [1.82, 2.24) is 4.98 Å². The fourth-order valence-electron chi connectivity index (χ4n) is 2.33. The number of fused-ring (bicyclic) bond motifs is 1. The van der Waals surface area contributed by atoms with Crippen LogP contribution in [0.1, 0.15) is 24.6 Å². The number of hydrogen-bond donors (Lipinski definition) is 0. The highest BCUT2D eigenvalue weighted by molar-refractivity contribution is 6.42. The molecule has 0 N–H and O–H groups in total. The van der Waals surface area contributed by atoms with Gasteiger partial charge in [0.1, 0.15) is 5.52 Å². The van der Waals surface area contributed by atoms with E-state index in [9.17, 15) is 4.79 Å². The van der Waals surface area contributed by atoms with E-state index in [-0.39, 0.29) is 5.97 Å². The van der Waals surface area contributed by atoms with Crippen molar-refractivity contribution in [2.45, 2.75) is 13.3 Å². The van der Waals surface area contributed by atoms with Crippen LogP contribution in [0.3, 0.4) is 0 Å². The number of aromatic nitrogens is 1. The van der Waals surface area contributed by atoms with Crippen molar-refractivity contribution in [3.63, 3.8) is 0 Å². The van der Waals surface area contributed by atoms with Crippen LogP contribution in [0, 0.1) is 0 Å². The molecule has 0 atom stereocenters. The highest BCUT2D eigenvalue weighted by Crippen LogP contribution is 2.28. The molecule has 0 fully saturated rings.